The molecule has 25 heavy (non-hydrogen) atoms. The zero-order chi connectivity index (χ0) is 18.1. The Morgan fingerprint density at radius 1 is 1.44 bits per heavy atom. The van der Waals surface area contributed by atoms with Gasteiger partial charge in [-0.05, 0) is 18.3 Å². The molecule has 3 rings (SSSR count). The van der Waals surface area contributed by atoms with Crippen LogP contribution in [0.1, 0.15) is 18.9 Å². The van der Waals surface area contributed by atoms with Crippen LogP contribution in [0.3, 0.4) is 0 Å². The lowest BCUT2D eigenvalue weighted by molar-refractivity contribution is -0.114. The number of imidazole rings is 1. The number of ether oxygens (including phenoxy) is 1. The smallest absolute Gasteiger partial charge is 0.269 e. The summed E-state index contributed by atoms with van der Waals surface area (Å²) in [5.74, 6) is 0.0710. The van der Waals surface area contributed by atoms with E-state index in [1.165, 1.54) is 36.0 Å². The Kier molecular flexibility index (Phi) is 4.45. The summed E-state index contributed by atoms with van der Waals surface area (Å²) in [6.45, 7) is 1.33. The van der Waals surface area contributed by atoms with Crippen LogP contribution < -0.4 is 10.1 Å². The second-order valence-corrected chi connectivity index (χ2v) is 5.57. The van der Waals surface area contributed by atoms with Gasteiger partial charge >= 0.3 is 0 Å². The van der Waals surface area contributed by atoms with Crippen molar-refractivity contribution in [3.05, 3.63) is 34.9 Å². The summed E-state index contributed by atoms with van der Waals surface area (Å²) >= 11 is 5.06. The van der Waals surface area contributed by atoms with Gasteiger partial charge in [0.1, 0.15) is 11.6 Å². The van der Waals surface area contributed by atoms with Gasteiger partial charge in [-0.3, -0.25) is 4.79 Å². The number of carbonyl (C=O) groups excluding carboxylic acids is 1. The molecule has 130 valence electrons. The number of halogens is 2. The van der Waals surface area contributed by atoms with Gasteiger partial charge in [0.25, 0.3) is 6.43 Å². The van der Waals surface area contributed by atoms with E-state index in [1.807, 2.05) is 0 Å². The fraction of sp³-hybridized carbons (Fsp3) is 0.200. The molecule has 3 aromatic rings. The fourth-order valence-electron chi connectivity index (χ4n) is 2.36. The third-order valence-corrected chi connectivity index (χ3v) is 3.78. The molecule has 0 bridgehead atoms. The Balaban J connectivity index is 2.07. The molecule has 0 saturated carbocycles. The molecule has 0 spiro atoms. The highest BCUT2D eigenvalue weighted by atomic mass is 32.1. The molecule has 0 radical (unpaired) electrons. The van der Waals surface area contributed by atoms with Crippen LogP contribution >= 0.6 is 12.2 Å². The van der Waals surface area contributed by atoms with Crippen molar-refractivity contribution in [3.63, 3.8) is 0 Å². The highest BCUT2D eigenvalue weighted by Gasteiger charge is 2.22. The van der Waals surface area contributed by atoms with Crippen molar-refractivity contribution in [2.45, 2.75) is 13.3 Å². The topological polar surface area (TPSA) is 84.8 Å². The Labute approximate surface area is 145 Å². The van der Waals surface area contributed by atoms with Crippen LogP contribution in [0, 0.1) is 4.77 Å². The molecule has 3 heterocycles. The first-order valence-electron chi connectivity index (χ1n) is 7.14. The molecule has 0 aliphatic carbocycles. The number of alkyl halides is 2. The lowest BCUT2D eigenvalue weighted by Crippen LogP contribution is -2.07. The van der Waals surface area contributed by atoms with Crippen LogP contribution in [-0.4, -0.2) is 25.4 Å². The van der Waals surface area contributed by atoms with Gasteiger partial charge in [-0.15, -0.1) is 0 Å². The Hall–Kier alpha value is -2.88. The van der Waals surface area contributed by atoms with Gasteiger partial charge in [0.05, 0.1) is 17.3 Å². The maximum atomic E-state index is 13.7. The number of fused-ring (bicyclic) bond motifs is 1. The molecule has 2 N–H and O–H groups in total. The summed E-state index contributed by atoms with van der Waals surface area (Å²) in [4.78, 5) is 21.9. The lowest BCUT2D eigenvalue weighted by atomic mass is 10.2. The van der Waals surface area contributed by atoms with E-state index in [-0.39, 0.29) is 44.7 Å². The van der Waals surface area contributed by atoms with Crippen LogP contribution in [-0.2, 0) is 11.8 Å². The molecule has 0 aromatic carbocycles. The molecule has 0 unspecified atom stereocenters. The van der Waals surface area contributed by atoms with Gasteiger partial charge in [-0.25, -0.2) is 18.7 Å². The molecule has 0 saturated heterocycles. The van der Waals surface area contributed by atoms with E-state index in [2.05, 4.69) is 20.3 Å². The zero-order valence-corrected chi connectivity index (χ0v) is 14.0. The van der Waals surface area contributed by atoms with Crippen molar-refractivity contribution >= 4 is 35.1 Å². The van der Waals surface area contributed by atoms with Crippen molar-refractivity contribution in [2.75, 3.05) is 5.32 Å². The molecule has 0 aliphatic rings. The van der Waals surface area contributed by atoms with E-state index in [0.717, 1.165) is 0 Å². The predicted molar refractivity (Wildman–Crippen MR) is 89.5 cm³/mol. The van der Waals surface area contributed by atoms with E-state index in [1.54, 1.807) is 7.05 Å². The number of H-pyrrole nitrogens is 1. The van der Waals surface area contributed by atoms with Gasteiger partial charge in [0.2, 0.25) is 5.91 Å². The van der Waals surface area contributed by atoms with E-state index >= 15 is 0 Å². The van der Waals surface area contributed by atoms with Crippen LogP contribution in [0.25, 0.3) is 11.2 Å². The Morgan fingerprint density at radius 2 is 2.20 bits per heavy atom. The third-order valence-electron chi connectivity index (χ3n) is 3.40. The minimum Gasteiger partial charge on any atom is -0.455 e. The SMILES string of the molecule is CC(=O)Nc1cc(Oc2cnc3[nH]c(=S)n(C)c3c2C(F)F)ccn1. The third kappa shape index (κ3) is 3.33. The van der Waals surface area contributed by atoms with Crippen molar-refractivity contribution in [1.29, 1.82) is 0 Å². The van der Waals surface area contributed by atoms with Crippen LogP contribution in [0.5, 0.6) is 11.5 Å². The van der Waals surface area contributed by atoms with E-state index < -0.39 is 6.43 Å². The quantitative estimate of drug-likeness (QED) is 0.689. The Morgan fingerprint density at radius 3 is 2.88 bits per heavy atom. The molecule has 7 nitrogen and oxygen atoms in total. The lowest BCUT2D eigenvalue weighted by Gasteiger charge is -2.12. The standard InChI is InChI=1S/C15H13F2N5O2S/c1-7(23)20-10-5-8(3-4-18-10)24-9-6-19-14-12(11(9)13(16)17)22(2)15(25)21-14/h3-6,13H,1-2H3,(H,18,20,23)(H,19,21,25). The molecule has 0 aliphatic heterocycles. The van der Waals surface area contributed by atoms with Crippen LogP contribution in [0.15, 0.2) is 24.5 Å². The number of amides is 1. The highest BCUT2D eigenvalue weighted by Crippen LogP contribution is 2.36. The van der Waals surface area contributed by atoms with Crippen molar-refractivity contribution in [3.8, 4) is 11.5 Å². The number of aromatic amines is 1. The summed E-state index contributed by atoms with van der Waals surface area (Å²) < 4.78 is 34.6. The molecular formula is C15H13F2N5O2S. The Bertz CT molecular complexity index is 1010. The van der Waals surface area contributed by atoms with E-state index in [0.29, 0.717) is 0 Å². The van der Waals surface area contributed by atoms with Crippen LogP contribution in [0.4, 0.5) is 14.6 Å². The predicted octanol–water partition coefficient (Wildman–Crippen LogP) is 3.71. The maximum Gasteiger partial charge on any atom is 0.269 e. The largest absolute Gasteiger partial charge is 0.455 e. The highest BCUT2D eigenvalue weighted by molar-refractivity contribution is 7.71. The summed E-state index contributed by atoms with van der Waals surface area (Å²) in [6, 6.07) is 2.91. The summed E-state index contributed by atoms with van der Waals surface area (Å²) in [7, 11) is 1.57. The number of nitrogens with one attached hydrogen (secondary N) is 2. The number of hydrogen-bond donors (Lipinski definition) is 2. The number of aromatic nitrogens is 4. The second kappa shape index (κ2) is 6.55. The fourth-order valence-corrected chi connectivity index (χ4v) is 2.55. The van der Waals surface area contributed by atoms with Crippen LogP contribution in [0.2, 0.25) is 0 Å². The number of hydrogen-bond acceptors (Lipinski definition) is 5. The summed E-state index contributed by atoms with van der Waals surface area (Å²) in [6.07, 6.45) is -0.201. The molecule has 0 fully saturated rings. The number of anilines is 1. The van der Waals surface area contributed by atoms with Gasteiger partial charge in [0.15, 0.2) is 16.2 Å². The van der Waals surface area contributed by atoms with Crippen molar-refractivity contribution < 1.29 is 18.3 Å². The average molecular weight is 365 g/mol. The van der Waals surface area contributed by atoms with E-state index in [4.69, 9.17) is 17.0 Å². The first-order valence-corrected chi connectivity index (χ1v) is 7.55. The van der Waals surface area contributed by atoms with Crippen molar-refractivity contribution in [1.82, 2.24) is 19.5 Å². The normalized spacial score (nSPS) is 11.1. The van der Waals surface area contributed by atoms with Gasteiger partial charge < -0.3 is 19.6 Å². The number of carbonyl (C=O) groups is 1. The van der Waals surface area contributed by atoms with Gasteiger partial charge in [0, 0.05) is 26.2 Å². The monoisotopic (exact) mass is 365 g/mol. The first kappa shape index (κ1) is 17.0. The summed E-state index contributed by atoms with van der Waals surface area (Å²) in [5.41, 5.74) is 0.107. The molecule has 0 atom stereocenters. The first-order chi connectivity index (χ1) is 11.9. The minimum absolute atomic E-state index is 0.105. The zero-order valence-electron chi connectivity index (χ0n) is 13.2. The number of rotatable bonds is 4. The molecule has 3 aromatic heterocycles. The second-order valence-electron chi connectivity index (χ2n) is 5.18. The number of pyridine rings is 2. The van der Waals surface area contributed by atoms with Gasteiger partial charge in [-0.1, -0.05) is 0 Å². The number of aryl methyl sites for hydroxylation is 1. The van der Waals surface area contributed by atoms with Gasteiger partial charge in [-0.2, -0.15) is 0 Å². The van der Waals surface area contributed by atoms with E-state index in [9.17, 15) is 13.6 Å². The molecule has 10 heteroatoms. The maximum absolute atomic E-state index is 13.7. The number of nitrogens with zero attached hydrogens (tertiary/aromatic N) is 3. The molecule has 1 amide bonds. The van der Waals surface area contributed by atoms with Crippen molar-refractivity contribution in [2.24, 2.45) is 7.05 Å². The summed E-state index contributed by atoms with van der Waals surface area (Å²) in [5, 5.41) is 2.49. The minimum atomic E-state index is -2.80. The average Bonchev–Trinajstić information content (AvgIpc) is 2.82. The molecular weight excluding hydrogens is 352 g/mol.